The molecule has 3 rings (SSSR count). The van der Waals surface area contributed by atoms with E-state index in [1.54, 1.807) is 6.33 Å². The van der Waals surface area contributed by atoms with Crippen molar-refractivity contribution >= 4 is 5.95 Å². The lowest BCUT2D eigenvalue weighted by Gasteiger charge is -2.34. The van der Waals surface area contributed by atoms with E-state index in [-0.39, 0.29) is 0 Å². The SMILES string of the molecule is c1ccc(CCN2CCN(c3ncn[nH]3)CC2)nc1. The van der Waals surface area contributed by atoms with Crippen molar-refractivity contribution in [2.75, 3.05) is 37.6 Å². The quantitative estimate of drug-likeness (QED) is 0.868. The molecule has 0 bridgehead atoms. The molecule has 6 heteroatoms. The summed E-state index contributed by atoms with van der Waals surface area (Å²) in [6, 6.07) is 6.09. The van der Waals surface area contributed by atoms with Crippen LogP contribution in [0.4, 0.5) is 5.95 Å². The van der Waals surface area contributed by atoms with E-state index in [0.717, 1.165) is 45.1 Å². The van der Waals surface area contributed by atoms with Crippen LogP contribution in [0, 0.1) is 0 Å². The summed E-state index contributed by atoms with van der Waals surface area (Å²) in [6.45, 7) is 5.19. The number of aromatic amines is 1. The number of hydrogen-bond acceptors (Lipinski definition) is 5. The predicted octanol–water partition coefficient (Wildman–Crippen LogP) is 0.564. The highest BCUT2D eigenvalue weighted by Crippen LogP contribution is 2.09. The highest BCUT2D eigenvalue weighted by atomic mass is 15.4. The molecule has 3 heterocycles. The summed E-state index contributed by atoms with van der Waals surface area (Å²) >= 11 is 0. The number of nitrogens with zero attached hydrogens (tertiary/aromatic N) is 5. The average Bonchev–Trinajstić information content (AvgIpc) is 3.01. The van der Waals surface area contributed by atoms with E-state index < -0.39 is 0 Å². The van der Waals surface area contributed by atoms with Gasteiger partial charge in [0.1, 0.15) is 6.33 Å². The van der Waals surface area contributed by atoms with Gasteiger partial charge < -0.3 is 4.90 Å². The van der Waals surface area contributed by atoms with Gasteiger partial charge in [0.2, 0.25) is 5.95 Å². The molecule has 6 nitrogen and oxygen atoms in total. The lowest BCUT2D eigenvalue weighted by atomic mass is 10.2. The zero-order chi connectivity index (χ0) is 12.9. The van der Waals surface area contributed by atoms with Crippen LogP contribution in [0.2, 0.25) is 0 Å². The average molecular weight is 258 g/mol. The molecule has 0 unspecified atom stereocenters. The van der Waals surface area contributed by atoms with Gasteiger partial charge in [0.15, 0.2) is 0 Å². The van der Waals surface area contributed by atoms with E-state index in [1.165, 1.54) is 5.69 Å². The molecular formula is C13H18N6. The molecule has 0 amide bonds. The van der Waals surface area contributed by atoms with Crippen LogP contribution in [-0.4, -0.2) is 57.8 Å². The fraction of sp³-hybridized carbons (Fsp3) is 0.462. The first kappa shape index (κ1) is 12.1. The van der Waals surface area contributed by atoms with Crippen LogP contribution >= 0.6 is 0 Å². The number of aromatic nitrogens is 4. The van der Waals surface area contributed by atoms with E-state index in [0.29, 0.717) is 0 Å². The standard InChI is InChI=1S/C13H18N6/c1-2-5-14-12(3-1)4-6-18-7-9-19(10-8-18)13-15-11-16-17-13/h1-3,5,11H,4,6-10H2,(H,15,16,17). The molecule has 0 atom stereocenters. The van der Waals surface area contributed by atoms with Gasteiger partial charge in [-0.05, 0) is 12.1 Å². The number of piperazine rings is 1. The Kier molecular flexibility index (Phi) is 3.69. The second-order valence-corrected chi connectivity index (χ2v) is 4.71. The minimum Gasteiger partial charge on any atom is -0.339 e. The first-order valence-corrected chi connectivity index (χ1v) is 6.64. The third-order valence-electron chi connectivity index (χ3n) is 3.48. The molecule has 1 aliphatic rings. The van der Waals surface area contributed by atoms with Crippen molar-refractivity contribution in [1.82, 2.24) is 25.1 Å². The van der Waals surface area contributed by atoms with Crippen LogP contribution in [0.1, 0.15) is 5.69 Å². The second-order valence-electron chi connectivity index (χ2n) is 4.71. The van der Waals surface area contributed by atoms with Crippen molar-refractivity contribution in [3.8, 4) is 0 Å². The molecule has 2 aromatic rings. The van der Waals surface area contributed by atoms with Crippen molar-refractivity contribution in [2.45, 2.75) is 6.42 Å². The van der Waals surface area contributed by atoms with Gasteiger partial charge in [0.05, 0.1) is 0 Å². The van der Waals surface area contributed by atoms with Crippen molar-refractivity contribution < 1.29 is 0 Å². The maximum absolute atomic E-state index is 4.36. The van der Waals surface area contributed by atoms with Gasteiger partial charge in [0, 0.05) is 51.0 Å². The van der Waals surface area contributed by atoms with Gasteiger partial charge in [-0.15, -0.1) is 0 Å². The fourth-order valence-electron chi connectivity index (χ4n) is 2.35. The summed E-state index contributed by atoms with van der Waals surface area (Å²) in [5, 5.41) is 6.81. The Morgan fingerprint density at radius 3 is 2.68 bits per heavy atom. The van der Waals surface area contributed by atoms with Crippen molar-refractivity contribution in [3.05, 3.63) is 36.4 Å². The number of anilines is 1. The lowest BCUT2D eigenvalue weighted by molar-refractivity contribution is 0.259. The van der Waals surface area contributed by atoms with E-state index in [2.05, 4.69) is 36.0 Å². The second kappa shape index (κ2) is 5.79. The van der Waals surface area contributed by atoms with Crippen LogP contribution in [0.3, 0.4) is 0 Å². The van der Waals surface area contributed by atoms with Gasteiger partial charge in [-0.1, -0.05) is 6.07 Å². The Bertz CT molecular complexity index is 475. The van der Waals surface area contributed by atoms with Crippen LogP contribution in [0.25, 0.3) is 0 Å². The first-order valence-electron chi connectivity index (χ1n) is 6.64. The molecule has 1 aliphatic heterocycles. The highest BCUT2D eigenvalue weighted by molar-refractivity contribution is 5.27. The summed E-state index contributed by atoms with van der Waals surface area (Å²) in [4.78, 5) is 13.3. The molecule has 0 aromatic carbocycles. The van der Waals surface area contributed by atoms with E-state index in [9.17, 15) is 0 Å². The van der Waals surface area contributed by atoms with E-state index in [1.807, 2.05) is 18.3 Å². The van der Waals surface area contributed by atoms with Crippen molar-refractivity contribution in [1.29, 1.82) is 0 Å². The van der Waals surface area contributed by atoms with E-state index in [4.69, 9.17) is 0 Å². The smallest absolute Gasteiger partial charge is 0.221 e. The first-order chi connectivity index (χ1) is 9.42. The minimum absolute atomic E-state index is 0.879. The van der Waals surface area contributed by atoms with Gasteiger partial charge in [-0.3, -0.25) is 9.88 Å². The van der Waals surface area contributed by atoms with Crippen LogP contribution in [-0.2, 0) is 6.42 Å². The monoisotopic (exact) mass is 258 g/mol. The molecular weight excluding hydrogens is 240 g/mol. The predicted molar refractivity (Wildman–Crippen MR) is 73.0 cm³/mol. The molecule has 19 heavy (non-hydrogen) atoms. The Hall–Kier alpha value is -1.95. The number of pyridine rings is 1. The minimum atomic E-state index is 0.879. The molecule has 1 fully saturated rings. The summed E-state index contributed by atoms with van der Waals surface area (Å²) < 4.78 is 0. The maximum Gasteiger partial charge on any atom is 0.221 e. The van der Waals surface area contributed by atoms with Crippen molar-refractivity contribution in [2.24, 2.45) is 0 Å². The highest BCUT2D eigenvalue weighted by Gasteiger charge is 2.18. The molecule has 0 spiro atoms. The molecule has 0 saturated carbocycles. The normalized spacial score (nSPS) is 16.7. The van der Waals surface area contributed by atoms with Crippen LogP contribution < -0.4 is 4.90 Å². The zero-order valence-corrected chi connectivity index (χ0v) is 10.9. The molecule has 2 aromatic heterocycles. The fourth-order valence-corrected chi connectivity index (χ4v) is 2.35. The number of H-pyrrole nitrogens is 1. The number of rotatable bonds is 4. The van der Waals surface area contributed by atoms with Gasteiger partial charge in [-0.2, -0.15) is 10.1 Å². The summed E-state index contributed by atoms with van der Waals surface area (Å²) in [5.74, 6) is 0.879. The molecule has 100 valence electrons. The third kappa shape index (κ3) is 3.08. The number of nitrogens with one attached hydrogen (secondary N) is 1. The summed E-state index contributed by atoms with van der Waals surface area (Å²) in [5.41, 5.74) is 1.17. The Labute approximate surface area is 112 Å². The largest absolute Gasteiger partial charge is 0.339 e. The van der Waals surface area contributed by atoms with E-state index >= 15 is 0 Å². The summed E-state index contributed by atoms with van der Waals surface area (Å²) in [6.07, 6.45) is 4.43. The van der Waals surface area contributed by atoms with Gasteiger partial charge in [0.25, 0.3) is 0 Å². The van der Waals surface area contributed by atoms with Crippen LogP contribution in [0.5, 0.6) is 0 Å². The van der Waals surface area contributed by atoms with Gasteiger partial charge in [-0.25, -0.2) is 5.10 Å². The topological polar surface area (TPSA) is 60.9 Å². The van der Waals surface area contributed by atoms with Gasteiger partial charge >= 0.3 is 0 Å². The Morgan fingerprint density at radius 1 is 1.11 bits per heavy atom. The number of hydrogen-bond donors (Lipinski definition) is 1. The van der Waals surface area contributed by atoms with Crippen molar-refractivity contribution in [3.63, 3.8) is 0 Å². The lowest BCUT2D eigenvalue weighted by Crippen LogP contribution is -2.47. The third-order valence-corrected chi connectivity index (χ3v) is 3.48. The maximum atomic E-state index is 4.36. The zero-order valence-electron chi connectivity index (χ0n) is 10.9. The summed E-state index contributed by atoms with van der Waals surface area (Å²) in [7, 11) is 0. The van der Waals surface area contributed by atoms with Crippen LogP contribution in [0.15, 0.2) is 30.7 Å². The Balaban J connectivity index is 1.46. The Morgan fingerprint density at radius 2 is 2.00 bits per heavy atom. The molecule has 0 aliphatic carbocycles. The molecule has 1 N–H and O–H groups in total. The molecule has 1 saturated heterocycles. The molecule has 0 radical (unpaired) electrons.